The Hall–Kier alpha value is -2.37. The molecular formula is C20H19N3S2. The third-order valence-corrected chi connectivity index (χ3v) is 4.87. The monoisotopic (exact) mass is 365 g/mol. The third kappa shape index (κ3) is 5.89. The van der Waals surface area contributed by atoms with E-state index in [1.54, 1.807) is 6.20 Å². The minimum Gasteiger partial charge on any atom is -0.358 e. The number of hydrogen-bond donors (Lipinski definition) is 2. The van der Waals surface area contributed by atoms with E-state index in [2.05, 4.69) is 64.1 Å². The summed E-state index contributed by atoms with van der Waals surface area (Å²) in [6.45, 7) is 0.658. The molecule has 0 amide bonds. The fraction of sp³-hybridized carbons (Fsp3) is 0.100. The molecule has 5 heteroatoms. The number of pyridine rings is 1. The first-order valence-corrected chi connectivity index (χ1v) is 9.39. The average Bonchev–Trinajstić information content (AvgIpc) is 2.67. The minimum absolute atomic E-state index is 0.607. The molecule has 0 atom stereocenters. The summed E-state index contributed by atoms with van der Waals surface area (Å²) in [5.41, 5.74) is 3.37. The Kier molecular flexibility index (Phi) is 6.42. The molecule has 3 nitrogen and oxygen atoms in total. The lowest BCUT2D eigenvalue weighted by molar-refractivity contribution is 0.916. The zero-order valence-electron chi connectivity index (χ0n) is 13.7. The molecule has 0 fully saturated rings. The van der Waals surface area contributed by atoms with Gasteiger partial charge in [0.1, 0.15) is 0 Å². The van der Waals surface area contributed by atoms with E-state index in [4.69, 9.17) is 12.2 Å². The second kappa shape index (κ2) is 9.20. The number of thioether (sulfide) groups is 1. The van der Waals surface area contributed by atoms with Gasteiger partial charge in [-0.25, -0.2) is 0 Å². The Morgan fingerprint density at radius 1 is 0.920 bits per heavy atom. The number of nitrogens with zero attached hydrogens (tertiary/aromatic N) is 1. The van der Waals surface area contributed by atoms with Crippen molar-refractivity contribution in [3.05, 3.63) is 90.3 Å². The van der Waals surface area contributed by atoms with Crippen molar-refractivity contribution in [2.75, 3.05) is 5.32 Å². The minimum atomic E-state index is 0.607. The summed E-state index contributed by atoms with van der Waals surface area (Å²) >= 11 is 7.17. The van der Waals surface area contributed by atoms with Gasteiger partial charge in [0.05, 0.1) is 0 Å². The normalized spacial score (nSPS) is 10.2. The van der Waals surface area contributed by atoms with E-state index in [0.717, 1.165) is 17.0 Å². The topological polar surface area (TPSA) is 37.0 Å². The van der Waals surface area contributed by atoms with Crippen LogP contribution in [-0.4, -0.2) is 10.1 Å². The SMILES string of the molecule is S=C(NCc1cccnc1)Nc1ccc(CSc2ccccc2)cc1. The molecule has 1 aromatic heterocycles. The molecule has 3 aromatic rings. The Morgan fingerprint density at radius 2 is 1.72 bits per heavy atom. The van der Waals surface area contributed by atoms with Gasteiger partial charge in [0.25, 0.3) is 0 Å². The predicted molar refractivity (Wildman–Crippen MR) is 110 cm³/mol. The van der Waals surface area contributed by atoms with Crippen molar-refractivity contribution in [3.63, 3.8) is 0 Å². The van der Waals surface area contributed by atoms with Gasteiger partial charge in [0.15, 0.2) is 5.11 Å². The van der Waals surface area contributed by atoms with Crippen LogP contribution in [0.2, 0.25) is 0 Å². The molecule has 0 aliphatic rings. The van der Waals surface area contributed by atoms with Crippen LogP contribution in [0.25, 0.3) is 0 Å². The highest BCUT2D eigenvalue weighted by Crippen LogP contribution is 2.23. The van der Waals surface area contributed by atoms with Crippen LogP contribution in [0, 0.1) is 0 Å². The van der Waals surface area contributed by atoms with Gasteiger partial charge >= 0.3 is 0 Å². The number of nitrogens with one attached hydrogen (secondary N) is 2. The van der Waals surface area contributed by atoms with Crippen LogP contribution in [-0.2, 0) is 12.3 Å². The molecule has 0 aliphatic carbocycles. The van der Waals surface area contributed by atoms with Gasteiger partial charge in [0, 0.05) is 35.3 Å². The van der Waals surface area contributed by atoms with Crippen molar-refractivity contribution < 1.29 is 0 Å². The molecule has 3 rings (SSSR count). The third-order valence-electron chi connectivity index (χ3n) is 3.54. The molecule has 0 unspecified atom stereocenters. The van der Waals surface area contributed by atoms with Crippen molar-refractivity contribution in [2.24, 2.45) is 0 Å². The highest BCUT2D eigenvalue weighted by atomic mass is 32.2. The Bertz CT molecular complexity index is 790. The molecule has 2 aromatic carbocycles. The molecule has 0 radical (unpaired) electrons. The molecule has 0 saturated heterocycles. The average molecular weight is 366 g/mol. The molecular weight excluding hydrogens is 346 g/mol. The largest absolute Gasteiger partial charge is 0.358 e. The van der Waals surface area contributed by atoms with Gasteiger partial charge < -0.3 is 10.6 Å². The van der Waals surface area contributed by atoms with Crippen LogP contribution in [0.5, 0.6) is 0 Å². The van der Waals surface area contributed by atoms with Gasteiger partial charge in [-0.3, -0.25) is 4.98 Å². The number of aromatic nitrogens is 1. The van der Waals surface area contributed by atoms with Crippen LogP contribution < -0.4 is 10.6 Å². The highest BCUT2D eigenvalue weighted by molar-refractivity contribution is 7.98. The Morgan fingerprint density at radius 3 is 2.44 bits per heavy atom. The second-order valence-corrected chi connectivity index (χ2v) is 6.92. The van der Waals surface area contributed by atoms with Crippen LogP contribution in [0.4, 0.5) is 5.69 Å². The van der Waals surface area contributed by atoms with Crippen molar-refractivity contribution in [1.29, 1.82) is 0 Å². The first kappa shape index (κ1) is 17.5. The van der Waals surface area contributed by atoms with Crippen LogP contribution in [0.3, 0.4) is 0 Å². The van der Waals surface area contributed by atoms with E-state index in [-0.39, 0.29) is 0 Å². The smallest absolute Gasteiger partial charge is 0.171 e. The van der Waals surface area contributed by atoms with Gasteiger partial charge in [-0.1, -0.05) is 36.4 Å². The van der Waals surface area contributed by atoms with E-state index in [9.17, 15) is 0 Å². The lowest BCUT2D eigenvalue weighted by Crippen LogP contribution is -2.27. The highest BCUT2D eigenvalue weighted by Gasteiger charge is 2.00. The first-order valence-electron chi connectivity index (χ1n) is 8.00. The fourth-order valence-electron chi connectivity index (χ4n) is 2.23. The molecule has 126 valence electrons. The summed E-state index contributed by atoms with van der Waals surface area (Å²) in [4.78, 5) is 5.37. The molecule has 0 aliphatic heterocycles. The molecule has 25 heavy (non-hydrogen) atoms. The van der Waals surface area contributed by atoms with Gasteiger partial charge in [-0.2, -0.15) is 0 Å². The summed E-state index contributed by atoms with van der Waals surface area (Å²) in [5, 5.41) is 7.00. The van der Waals surface area contributed by atoms with Gasteiger partial charge in [-0.15, -0.1) is 11.8 Å². The molecule has 0 saturated carbocycles. The number of anilines is 1. The maximum absolute atomic E-state index is 5.34. The van der Waals surface area contributed by atoms with E-state index in [1.807, 2.05) is 36.2 Å². The van der Waals surface area contributed by atoms with Crippen molar-refractivity contribution in [3.8, 4) is 0 Å². The lowest BCUT2D eigenvalue weighted by atomic mass is 10.2. The van der Waals surface area contributed by atoms with Gasteiger partial charge in [-0.05, 0) is 53.7 Å². The summed E-state index contributed by atoms with van der Waals surface area (Å²) in [7, 11) is 0. The number of benzene rings is 2. The zero-order chi connectivity index (χ0) is 17.3. The van der Waals surface area contributed by atoms with E-state index >= 15 is 0 Å². The Labute approximate surface area is 157 Å². The number of thiocarbonyl (C=S) groups is 1. The van der Waals surface area contributed by atoms with E-state index in [0.29, 0.717) is 11.7 Å². The molecule has 2 N–H and O–H groups in total. The number of hydrogen-bond acceptors (Lipinski definition) is 3. The fourth-order valence-corrected chi connectivity index (χ4v) is 3.29. The van der Waals surface area contributed by atoms with E-state index in [1.165, 1.54) is 10.5 Å². The number of rotatable bonds is 6. The zero-order valence-corrected chi connectivity index (χ0v) is 15.3. The predicted octanol–water partition coefficient (Wildman–Crippen LogP) is 4.86. The quantitative estimate of drug-likeness (QED) is 0.482. The Balaban J connectivity index is 1.46. The van der Waals surface area contributed by atoms with Crippen LogP contribution in [0.1, 0.15) is 11.1 Å². The summed E-state index contributed by atoms with van der Waals surface area (Å²) in [5.74, 6) is 0.952. The molecule has 1 heterocycles. The summed E-state index contributed by atoms with van der Waals surface area (Å²) < 4.78 is 0. The van der Waals surface area contributed by atoms with Gasteiger partial charge in [0.2, 0.25) is 0 Å². The van der Waals surface area contributed by atoms with Crippen LogP contribution >= 0.6 is 24.0 Å². The lowest BCUT2D eigenvalue weighted by Gasteiger charge is -2.11. The molecule has 0 bridgehead atoms. The van der Waals surface area contributed by atoms with Crippen molar-refractivity contribution in [2.45, 2.75) is 17.2 Å². The second-order valence-electron chi connectivity index (χ2n) is 5.47. The van der Waals surface area contributed by atoms with Crippen LogP contribution in [0.15, 0.2) is 84.0 Å². The summed E-state index contributed by atoms with van der Waals surface area (Å²) in [6, 6.07) is 22.7. The first-order chi connectivity index (χ1) is 12.3. The van der Waals surface area contributed by atoms with Crippen molar-refractivity contribution in [1.82, 2.24) is 10.3 Å². The maximum atomic E-state index is 5.34. The molecule has 0 spiro atoms. The standard InChI is InChI=1S/C20H19N3S2/c24-20(22-14-17-5-4-12-21-13-17)23-18-10-8-16(9-11-18)15-25-19-6-2-1-3-7-19/h1-13H,14-15H2,(H2,22,23,24). The maximum Gasteiger partial charge on any atom is 0.171 e. The summed E-state index contributed by atoms with van der Waals surface area (Å²) in [6.07, 6.45) is 3.59. The van der Waals surface area contributed by atoms with Crippen molar-refractivity contribution >= 4 is 34.8 Å². The van der Waals surface area contributed by atoms with E-state index < -0.39 is 0 Å².